The average molecular weight is 456 g/mol. The summed E-state index contributed by atoms with van der Waals surface area (Å²) < 4.78 is 30.6. The number of hydrogen-bond donors (Lipinski definition) is 1. The second kappa shape index (κ2) is 8.48. The number of aryl methyl sites for hydroxylation is 1. The van der Waals surface area contributed by atoms with Gasteiger partial charge in [-0.3, -0.25) is 4.90 Å². The SMILES string of the molecule is CCc1nc2sc([C@@H](c3ccccc3F)N3CCN(c4ccccc4F)CC3)c(O)n2n1. The van der Waals surface area contributed by atoms with Gasteiger partial charge in [-0.15, -0.1) is 5.10 Å². The number of fused-ring (bicyclic) bond motifs is 1. The Morgan fingerprint density at radius 2 is 1.69 bits per heavy atom. The first kappa shape index (κ1) is 20.8. The van der Waals surface area contributed by atoms with E-state index in [1.54, 1.807) is 30.3 Å². The summed E-state index contributed by atoms with van der Waals surface area (Å²) in [6, 6.07) is 12.9. The van der Waals surface area contributed by atoms with Gasteiger partial charge in [-0.25, -0.2) is 13.8 Å². The molecule has 0 bridgehead atoms. The van der Waals surface area contributed by atoms with Crippen LogP contribution in [0.3, 0.4) is 0 Å². The number of nitrogens with zero attached hydrogens (tertiary/aromatic N) is 5. The second-order valence-electron chi connectivity index (χ2n) is 7.76. The van der Waals surface area contributed by atoms with Gasteiger partial charge in [0.05, 0.1) is 16.6 Å². The van der Waals surface area contributed by atoms with Crippen LogP contribution in [0.4, 0.5) is 14.5 Å². The van der Waals surface area contributed by atoms with Crippen LogP contribution in [0.25, 0.3) is 4.96 Å². The van der Waals surface area contributed by atoms with Crippen LogP contribution in [-0.4, -0.2) is 50.8 Å². The highest BCUT2D eigenvalue weighted by atomic mass is 32.1. The molecule has 1 saturated heterocycles. The fourth-order valence-corrected chi connectivity index (χ4v) is 5.38. The molecular weight excluding hydrogens is 432 g/mol. The van der Waals surface area contributed by atoms with Crippen molar-refractivity contribution in [3.63, 3.8) is 0 Å². The minimum absolute atomic E-state index is 0.0120. The lowest BCUT2D eigenvalue weighted by molar-refractivity contribution is 0.207. The first-order valence-electron chi connectivity index (χ1n) is 10.6. The summed E-state index contributed by atoms with van der Waals surface area (Å²) in [6.45, 7) is 4.30. The first-order chi connectivity index (χ1) is 15.6. The van der Waals surface area contributed by atoms with Crippen LogP contribution in [0.5, 0.6) is 5.88 Å². The zero-order valence-corrected chi connectivity index (χ0v) is 18.4. The van der Waals surface area contributed by atoms with Gasteiger partial charge in [0.25, 0.3) is 0 Å². The van der Waals surface area contributed by atoms with Crippen molar-refractivity contribution in [1.82, 2.24) is 19.5 Å². The molecule has 0 aliphatic carbocycles. The summed E-state index contributed by atoms with van der Waals surface area (Å²) in [5.74, 6) is 0.0595. The van der Waals surface area contributed by atoms with Crippen molar-refractivity contribution in [2.24, 2.45) is 0 Å². The smallest absolute Gasteiger partial charge is 0.230 e. The molecule has 5 rings (SSSR count). The first-order valence-corrected chi connectivity index (χ1v) is 11.4. The molecule has 3 heterocycles. The third kappa shape index (κ3) is 3.61. The van der Waals surface area contributed by atoms with E-state index < -0.39 is 6.04 Å². The Bertz CT molecular complexity index is 1250. The van der Waals surface area contributed by atoms with Crippen molar-refractivity contribution < 1.29 is 13.9 Å². The Labute approximate surface area is 188 Å². The maximum Gasteiger partial charge on any atom is 0.230 e. The molecule has 6 nitrogen and oxygen atoms in total. The van der Waals surface area contributed by atoms with Crippen molar-refractivity contribution in [2.45, 2.75) is 19.4 Å². The van der Waals surface area contributed by atoms with Crippen LogP contribution < -0.4 is 4.90 Å². The fourth-order valence-electron chi connectivity index (χ4n) is 4.25. The Balaban J connectivity index is 1.50. The van der Waals surface area contributed by atoms with E-state index in [4.69, 9.17) is 0 Å². The van der Waals surface area contributed by atoms with Crippen molar-refractivity contribution in [1.29, 1.82) is 0 Å². The van der Waals surface area contributed by atoms with Gasteiger partial charge < -0.3 is 10.0 Å². The molecule has 0 unspecified atom stereocenters. The fraction of sp³-hybridized carbons (Fsp3) is 0.304. The normalized spacial score (nSPS) is 16.0. The lowest BCUT2D eigenvalue weighted by Crippen LogP contribution is -2.48. The maximum absolute atomic E-state index is 14.9. The molecule has 9 heteroatoms. The van der Waals surface area contributed by atoms with Crippen LogP contribution in [0.1, 0.15) is 29.2 Å². The number of para-hydroxylation sites is 1. The molecule has 0 saturated carbocycles. The van der Waals surface area contributed by atoms with Crippen molar-refractivity contribution >= 4 is 22.0 Å². The molecule has 4 aromatic rings. The number of thiazole rings is 1. The molecule has 1 aliphatic heterocycles. The van der Waals surface area contributed by atoms with Crippen LogP contribution in [-0.2, 0) is 6.42 Å². The summed E-state index contributed by atoms with van der Waals surface area (Å²) >= 11 is 1.32. The summed E-state index contributed by atoms with van der Waals surface area (Å²) in [6.07, 6.45) is 0.665. The van der Waals surface area contributed by atoms with Crippen LogP contribution in [0, 0.1) is 11.6 Å². The van der Waals surface area contributed by atoms with Gasteiger partial charge in [-0.2, -0.15) is 4.52 Å². The van der Waals surface area contributed by atoms with Crippen molar-refractivity contribution in [2.75, 3.05) is 31.1 Å². The Morgan fingerprint density at radius 1 is 1.00 bits per heavy atom. The molecular formula is C23H23F2N5OS. The monoisotopic (exact) mass is 455 g/mol. The number of aromatic hydroxyl groups is 1. The topological polar surface area (TPSA) is 56.9 Å². The molecule has 2 aromatic heterocycles. The predicted octanol–water partition coefficient (Wildman–Crippen LogP) is 4.25. The van der Waals surface area contributed by atoms with Crippen LogP contribution >= 0.6 is 11.3 Å². The molecule has 1 atom stereocenters. The molecule has 0 radical (unpaired) electrons. The molecule has 1 fully saturated rings. The highest BCUT2D eigenvalue weighted by Crippen LogP contribution is 2.41. The molecule has 32 heavy (non-hydrogen) atoms. The molecule has 0 amide bonds. The Hall–Kier alpha value is -3.04. The minimum atomic E-state index is -0.488. The Morgan fingerprint density at radius 3 is 2.34 bits per heavy atom. The van der Waals surface area contributed by atoms with E-state index in [2.05, 4.69) is 15.0 Å². The Kier molecular flexibility index (Phi) is 5.52. The zero-order chi connectivity index (χ0) is 22.2. The van der Waals surface area contributed by atoms with Gasteiger partial charge in [-0.1, -0.05) is 48.6 Å². The summed E-state index contributed by atoms with van der Waals surface area (Å²) in [5.41, 5.74) is 1.06. The van der Waals surface area contributed by atoms with Crippen molar-refractivity contribution in [3.05, 3.63) is 76.4 Å². The van der Waals surface area contributed by atoms with E-state index in [1.165, 1.54) is 28.0 Å². The molecule has 166 valence electrons. The number of benzene rings is 2. The van der Waals surface area contributed by atoms with Crippen LogP contribution in [0.15, 0.2) is 48.5 Å². The van der Waals surface area contributed by atoms with E-state index in [1.807, 2.05) is 17.9 Å². The minimum Gasteiger partial charge on any atom is -0.492 e. The van der Waals surface area contributed by atoms with Gasteiger partial charge >= 0.3 is 0 Å². The van der Waals surface area contributed by atoms with Gasteiger partial charge in [-0.05, 0) is 18.2 Å². The van der Waals surface area contributed by atoms with E-state index in [0.29, 0.717) is 59.5 Å². The van der Waals surface area contributed by atoms with E-state index in [0.717, 1.165) is 0 Å². The summed E-state index contributed by atoms with van der Waals surface area (Å²) in [4.78, 5) is 9.78. The predicted molar refractivity (Wildman–Crippen MR) is 120 cm³/mol. The molecule has 1 aliphatic rings. The molecule has 2 aromatic carbocycles. The second-order valence-corrected chi connectivity index (χ2v) is 8.77. The van der Waals surface area contributed by atoms with Gasteiger partial charge in [0, 0.05) is 38.2 Å². The number of anilines is 1. The standard InChI is InChI=1S/C23H23F2N5OS/c1-2-19-26-23-30(27-19)22(31)21(32-23)20(15-7-3-4-8-16(15)24)29-13-11-28(12-14-29)18-10-6-5-9-17(18)25/h3-10,20,31H,2,11-14H2,1H3/t20-/m1/s1. The van der Waals surface area contributed by atoms with E-state index in [-0.39, 0.29) is 17.5 Å². The lowest BCUT2D eigenvalue weighted by Gasteiger charge is -2.40. The number of rotatable bonds is 5. The van der Waals surface area contributed by atoms with Crippen molar-refractivity contribution in [3.8, 4) is 5.88 Å². The zero-order valence-electron chi connectivity index (χ0n) is 17.6. The summed E-state index contributed by atoms with van der Waals surface area (Å²) in [5, 5.41) is 15.3. The highest BCUT2D eigenvalue weighted by Gasteiger charge is 2.33. The summed E-state index contributed by atoms with van der Waals surface area (Å²) in [7, 11) is 0. The number of aromatic nitrogens is 3. The molecule has 1 N–H and O–H groups in total. The van der Waals surface area contributed by atoms with Gasteiger partial charge in [0.1, 0.15) is 11.6 Å². The maximum atomic E-state index is 14.9. The highest BCUT2D eigenvalue weighted by molar-refractivity contribution is 7.17. The van der Waals surface area contributed by atoms with Crippen LogP contribution in [0.2, 0.25) is 0 Å². The number of hydrogen-bond acceptors (Lipinski definition) is 6. The lowest BCUT2D eigenvalue weighted by atomic mass is 10.0. The van der Waals surface area contributed by atoms with E-state index in [9.17, 15) is 13.9 Å². The number of halogens is 2. The van der Waals surface area contributed by atoms with E-state index >= 15 is 0 Å². The third-order valence-corrected chi connectivity index (χ3v) is 6.95. The average Bonchev–Trinajstić information content (AvgIpc) is 3.35. The largest absolute Gasteiger partial charge is 0.492 e. The van der Waals surface area contributed by atoms with Gasteiger partial charge in [0.2, 0.25) is 10.8 Å². The molecule has 0 spiro atoms. The third-order valence-electron chi connectivity index (χ3n) is 5.88. The number of piperazine rings is 1. The van der Waals surface area contributed by atoms with Gasteiger partial charge in [0.15, 0.2) is 5.82 Å². The quantitative estimate of drug-likeness (QED) is 0.488.